The van der Waals surface area contributed by atoms with Crippen molar-refractivity contribution >= 4 is 11.8 Å². The molecule has 1 N–H and O–H groups in total. The second kappa shape index (κ2) is 9.96. The van der Waals surface area contributed by atoms with Gasteiger partial charge in [0.15, 0.2) is 0 Å². The lowest BCUT2D eigenvalue weighted by atomic mass is 9.87. The molecule has 0 spiro atoms. The van der Waals surface area contributed by atoms with E-state index in [9.17, 15) is 9.59 Å². The number of carbonyl (C=O) groups is 2. The Kier molecular flexibility index (Phi) is 7.90. The number of carbonyl (C=O) groups excluding carboxylic acids is 2. The van der Waals surface area contributed by atoms with Crippen LogP contribution in [0, 0.1) is 11.3 Å². The molecule has 1 aliphatic rings. The van der Waals surface area contributed by atoms with E-state index in [1.165, 1.54) is 0 Å². The van der Waals surface area contributed by atoms with Crippen LogP contribution in [-0.4, -0.2) is 64.3 Å². The third kappa shape index (κ3) is 6.10. The summed E-state index contributed by atoms with van der Waals surface area (Å²) in [7, 11) is 4.80. The minimum atomic E-state index is -0.349. The third-order valence-corrected chi connectivity index (χ3v) is 5.14. The third-order valence-electron chi connectivity index (χ3n) is 5.14. The standard InChI is InChI=1S/C22H34N2O5/c1-22(2,3)12-20(25)24-13-17(18(14-24)21(26)23-9-10-27-4)16-8-7-15(28-5)11-19(16)29-6/h7-8,11,17-18H,9-10,12-14H2,1-6H3,(H,23,26)/t17-,18+/m0/s1. The number of benzene rings is 1. The fraction of sp³-hybridized carbons (Fsp3) is 0.636. The van der Waals surface area contributed by atoms with Gasteiger partial charge in [0.1, 0.15) is 11.5 Å². The predicted octanol–water partition coefficient (Wildman–Crippen LogP) is 2.44. The van der Waals surface area contributed by atoms with Gasteiger partial charge in [-0.05, 0) is 11.5 Å². The topological polar surface area (TPSA) is 77.1 Å². The molecule has 2 atom stereocenters. The van der Waals surface area contributed by atoms with Crippen molar-refractivity contribution in [2.45, 2.75) is 33.1 Å². The molecule has 1 fully saturated rings. The Morgan fingerprint density at radius 1 is 1.14 bits per heavy atom. The second-order valence-electron chi connectivity index (χ2n) is 8.64. The zero-order valence-electron chi connectivity index (χ0n) is 18.4. The smallest absolute Gasteiger partial charge is 0.225 e. The van der Waals surface area contributed by atoms with Crippen LogP contribution >= 0.6 is 0 Å². The molecule has 1 heterocycles. The molecule has 1 aliphatic heterocycles. The zero-order valence-corrected chi connectivity index (χ0v) is 18.4. The van der Waals surface area contributed by atoms with Gasteiger partial charge in [-0.2, -0.15) is 0 Å². The molecule has 162 valence electrons. The molecule has 2 amide bonds. The summed E-state index contributed by atoms with van der Waals surface area (Å²) in [5.74, 6) is 0.845. The molecule has 0 aromatic heterocycles. The molecule has 0 aliphatic carbocycles. The molecular weight excluding hydrogens is 372 g/mol. The maximum absolute atomic E-state index is 12.9. The van der Waals surface area contributed by atoms with Gasteiger partial charge in [0.25, 0.3) is 0 Å². The lowest BCUT2D eigenvalue weighted by Gasteiger charge is -2.23. The highest BCUT2D eigenvalue weighted by molar-refractivity contribution is 5.83. The van der Waals surface area contributed by atoms with Gasteiger partial charge >= 0.3 is 0 Å². The average Bonchev–Trinajstić information content (AvgIpc) is 3.11. The monoisotopic (exact) mass is 406 g/mol. The van der Waals surface area contributed by atoms with Crippen LogP contribution in [0.3, 0.4) is 0 Å². The number of methoxy groups -OCH3 is 3. The van der Waals surface area contributed by atoms with E-state index in [0.717, 1.165) is 5.56 Å². The van der Waals surface area contributed by atoms with E-state index in [4.69, 9.17) is 14.2 Å². The van der Waals surface area contributed by atoms with Crippen molar-refractivity contribution in [1.29, 1.82) is 0 Å². The minimum absolute atomic E-state index is 0.0715. The molecule has 7 nitrogen and oxygen atoms in total. The normalized spacial score (nSPS) is 19.2. The van der Waals surface area contributed by atoms with E-state index < -0.39 is 0 Å². The molecule has 29 heavy (non-hydrogen) atoms. The first-order valence-corrected chi connectivity index (χ1v) is 9.96. The maximum atomic E-state index is 12.9. The SMILES string of the molecule is COCCNC(=O)[C@@H]1CN(C(=O)CC(C)(C)C)C[C@H]1c1ccc(OC)cc1OC. The highest BCUT2D eigenvalue weighted by Crippen LogP contribution is 2.40. The number of nitrogens with zero attached hydrogens (tertiary/aromatic N) is 1. The summed E-state index contributed by atoms with van der Waals surface area (Å²) >= 11 is 0. The Morgan fingerprint density at radius 2 is 1.86 bits per heavy atom. The van der Waals surface area contributed by atoms with Crippen LogP contribution in [0.5, 0.6) is 11.5 Å². The van der Waals surface area contributed by atoms with Crippen LogP contribution < -0.4 is 14.8 Å². The van der Waals surface area contributed by atoms with Gasteiger partial charge in [0.05, 0.1) is 26.7 Å². The van der Waals surface area contributed by atoms with Crippen LogP contribution in [0.2, 0.25) is 0 Å². The molecule has 0 saturated carbocycles. The Hall–Kier alpha value is -2.28. The number of amides is 2. The van der Waals surface area contributed by atoms with Crippen molar-refractivity contribution in [2.24, 2.45) is 11.3 Å². The van der Waals surface area contributed by atoms with E-state index in [1.54, 1.807) is 26.2 Å². The largest absolute Gasteiger partial charge is 0.497 e. The number of rotatable bonds is 8. The number of nitrogens with one attached hydrogen (secondary N) is 1. The van der Waals surface area contributed by atoms with Crippen molar-refractivity contribution < 1.29 is 23.8 Å². The highest BCUT2D eigenvalue weighted by Gasteiger charge is 2.41. The predicted molar refractivity (Wildman–Crippen MR) is 111 cm³/mol. The van der Waals surface area contributed by atoms with Gasteiger partial charge in [-0.3, -0.25) is 9.59 Å². The Balaban J connectivity index is 2.30. The first-order chi connectivity index (χ1) is 13.7. The van der Waals surface area contributed by atoms with E-state index in [-0.39, 0.29) is 29.1 Å². The van der Waals surface area contributed by atoms with E-state index in [1.807, 2.05) is 39.0 Å². The fourth-order valence-electron chi connectivity index (χ4n) is 3.69. The second-order valence-corrected chi connectivity index (χ2v) is 8.64. The molecular formula is C22H34N2O5. The van der Waals surface area contributed by atoms with Gasteiger partial charge < -0.3 is 24.4 Å². The summed E-state index contributed by atoms with van der Waals surface area (Å²) in [6.45, 7) is 7.89. The van der Waals surface area contributed by atoms with Crippen molar-refractivity contribution in [1.82, 2.24) is 10.2 Å². The number of hydrogen-bond acceptors (Lipinski definition) is 5. The van der Waals surface area contributed by atoms with Crippen LogP contribution in [0.4, 0.5) is 0 Å². The molecule has 0 bridgehead atoms. The van der Waals surface area contributed by atoms with Gasteiger partial charge in [-0.15, -0.1) is 0 Å². The summed E-state index contributed by atoms with van der Waals surface area (Å²) in [6.07, 6.45) is 0.442. The Bertz CT molecular complexity index is 714. The summed E-state index contributed by atoms with van der Waals surface area (Å²) < 4.78 is 15.9. The quantitative estimate of drug-likeness (QED) is 0.671. The Labute approximate surface area is 173 Å². The fourth-order valence-corrected chi connectivity index (χ4v) is 3.69. The zero-order chi connectivity index (χ0) is 21.6. The molecule has 0 unspecified atom stereocenters. The van der Waals surface area contributed by atoms with Gasteiger partial charge in [0.2, 0.25) is 11.8 Å². The molecule has 1 aromatic rings. The lowest BCUT2D eigenvalue weighted by molar-refractivity contribution is -0.132. The molecule has 1 aromatic carbocycles. The average molecular weight is 407 g/mol. The highest BCUT2D eigenvalue weighted by atomic mass is 16.5. The van der Waals surface area contributed by atoms with Crippen molar-refractivity contribution in [3.05, 3.63) is 23.8 Å². The van der Waals surface area contributed by atoms with E-state index in [0.29, 0.717) is 44.2 Å². The minimum Gasteiger partial charge on any atom is -0.497 e. The number of likely N-dealkylation sites (tertiary alicyclic amines) is 1. The van der Waals surface area contributed by atoms with Gasteiger partial charge in [-0.1, -0.05) is 26.8 Å². The first-order valence-electron chi connectivity index (χ1n) is 9.96. The number of hydrogen-bond donors (Lipinski definition) is 1. The van der Waals surface area contributed by atoms with Crippen molar-refractivity contribution in [3.63, 3.8) is 0 Å². The maximum Gasteiger partial charge on any atom is 0.225 e. The number of ether oxygens (including phenoxy) is 3. The van der Waals surface area contributed by atoms with E-state index in [2.05, 4.69) is 5.32 Å². The lowest BCUT2D eigenvalue weighted by Crippen LogP contribution is -2.37. The van der Waals surface area contributed by atoms with Crippen LogP contribution in [0.1, 0.15) is 38.7 Å². The molecule has 7 heteroatoms. The van der Waals surface area contributed by atoms with Crippen LogP contribution in [0.25, 0.3) is 0 Å². The van der Waals surface area contributed by atoms with Crippen LogP contribution in [-0.2, 0) is 14.3 Å². The van der Waals surface area contributed by atoms with Crippen LogP contribution in [0.15, 0.2) is 18.2 Å². The first kappa shape index (κ1) is 23.0. The molecule has 2 rings (SSSR count). The van der Waals surface area contributed by atoms with Gasteiger partial charge in [0, 0.05) is 50.7 Å². The summed E-state index contributed by atoms with van der Waals surface area (Å²) in [6, 6.07) is 5.60. The molecule has 1 saturated heterocycles. The summed E-state index contributed by atoms with van der Waals surface area (Å²) in [4.78, 5) is 27.6. The van der Waals surface area contributed by atoms with Crippen molar-refractivity contribution in [2.75, 3.05) is 47.6 Å². The summed E-state index contributed by atoms with van der Waals surface area (Å²) in [5.41, 5.74) is 0.801. The Morgan fingerprint density at radius 3 is 2.45 bits per heavy atom. The van der Waals surface area contributed by atoms with Gasteiger partial charge in [-0.25, -0.2) is 0 Å². The van der Waals surface area contributed by atoms with E-state index >= 15 is 0 Å². The van der Waals surface area contributed by atoms with Crippen molar-refractivity contribution in [3.8, 4) is 11.5 Å². The summed E-state index contributed by atoms with van der Waals surface area (Å²) in [5, 5.41) is 2.93. The molecule has 0 radical (unpaired) electrons.